The van der Waals surface area contributed by atoms with Gasteiger partial charge < -0.3 is 5.73 Å². The van der Waals surface area contributed by atoms with Crippen LogP contribution in [0.4, 0.5) is 0 Å². The Balaban J connectivity index is 2.54. The highest BCUT2D eigenvalue weighted by Crippen LogP contribution is 2.25. The van der Waals surface area contributed by atoms with Gasteiger partial charge >= 0.3 is 0 Å². The minimum atomic E-state index is -0.663. The first kappa shape index (κ1) is 10.3. The van der Waals surface area contributed by atoms with Gasteiger partial charge in [0.15, 0.2) is 0 Å². The lowest BCUT2D eigenvalue weighted by atomic mass is 9.99. The monoisotopic (exact) mass is 210 g/mol. The molecule has 2 heterocycles. The maximum Gasteiger partial charge on any atom is 0.120 e. The molecule has 0 saturated heterocycles. The van der Waals surface area contributed by atoms with E-state index in [1.807, 2.05) is 24.3 Å². The lowest BCUT2D eigenvalue weighted by Gasteiger charge is -2.09. The van der Waals surface area contributed by atoms with Gasteiger partial charge in [-0.05, 0) is 17.7 Å². The summed E-state index contributed by atoms with van der Waals surface area (Å²) in [5.74, 6) is 0. The van der Waals surface area contributed by atoms with Gasteiger partial charge in [-0.2, -0.15) is 5.26 Å². The Hall–Kier alpha value is -2.25. The van der Waals surface area contributed by atoms with Crippen LogP contribution < -0.4 is 5.73 Å². The van der Waals surface area contributed by atoms with E-state index in [1.165, 1.54) is 0 Å². The van der Waals surface area contributed by atoms with E-state index in [0.29, 0.717) is 0 Å². The Morgan fingerprint density at radius 1 is 1.19 bits per heavy atom. The topological polar surface area (TPSA) is 75.6 Å². The van der Waals surface area contributed by atoms with Crippen molar-refractivity contribution in [3.05, 3.63) is 48.5 Å². The second-order valence-electron chi connectivity index (χ2n) is 3.31. The van der Waals surface area contributed by atoms with E-state index in [4.69, 9.17) is 11.0 Å². The van der Waals surface area contributed by atoms with Gasteiger partial charge in [-0.1, -0.05) is 6.07 Å². The second kappa shape index (κ2) is 4.51. The maximum absolute atomic E-state index is 8.84. The third-order valence-electron chi connectivity index (χ3n) is 2.30. The van der Waals surface area contributed by atoms with Crippen molar-refractivity contribution in [2.24, 2.45) is 5.73 Å². The molecule has 2 N–H and O–H groups in total. The molecule has 0 aliphatic rings. The quantitative estimate of drug-likeness (QED) is 0.818. The van der Waals surface area contributed by atoms with Crippen molar-refractivity contribution in [1.82, 2.24) is 9.97 Å². The zero-order valence-corrected chi connectivity index (χ0v) is 8.54. The van der Waals surface area contributed by atoms with E-state index >= 15 is 0 Å². The van der Waals surface area contributed by atoms with Crippen molar-refractivity contribution >= 4 is 0 Å². The van der Waals surface area contributed by atoms with Crippen molar-refractivity contribution in [1.29, 1.82) is 5.26 Å². The highest BCUT2D eigenvalue weighted by atomic mass is 14.7. The van der Waals surface area contributed by atoms with Crippen molar-refractivity contribution < 1.29 is 0 Å². The summed E-state index contributed by atoms with van der Waals surface area (Å²) in [4.78, 5) is 8.03. The number of nitrogens with two attached hydrogens (primary N) is 1. The standard InChI is InChI=1S/C12H10N4/c13-6-12(14)11-8-16-5-3-10(11)9-2-1-4-15-7-9/h1-5,7-8,12H,14H2. The van der Waals surface area contributed by atoms with Gasteiger partial charge in [0.25, 0.3) is 0 Å². The summed E-state index contributed by atoms with van der Waals surface area (Å²) >= 11 is 0. The fourth-order valence-corrected chi connectivity index (χ4v) is 1.51. The van der Waals surface area contributed by atoms with Crippen LogP contribution in [0.15, 0.2) is 43.0 Å². The molecule has 2 aromatic rings. The van der Waals surface area contributed by atoms with E-state index in [1.54, 1.807) is 24.8 Å². The third-order valence-corrected chi connectivity index (χ3v) is 2.30. The second-order valence-corrected chi connectivity index (χ2v) is 3.31. The fourth-order valence-electron chi connectivity index (χ4n) is 1.51. The summed E-state index contributed by atoms with van der Waals surface area (Å²) in [5, 5.41) is 8.84. The van der Waals surface area contributed by atoms with Crippen LogP contribution in [-0.2, 0) is 0 Å². The molecule has 2 aromatic heterocycles. The summed E-state index contributed by atoms with van der Waals surface area (Å²) in [5.41, 5.74) is 8.27. The van der Waals surface area contributed by atoms with Gasteiger partial charge in [0, 0.05) is 35.9 Å². The summed E-state index contributed by atoms with van der Waals surface area (Å²) < 4.78 is 0. The molecule has 0 saturated carbocycles. The summed E-state index contributed by atoms with van der Waals surface area (Å²) in [6, 6.07) is 6.95. The van der Waals surface area contributed by atoms with Crippen molar-refractivity contribution in [2.45, 2.75) is 6.04 Å². The van der Waals surface area contributed by atoms with E-state index in [-0.39, 0.29) is 0 Å². The minimum Gasteiger partial charge on any atom is -0.312 e. The molecule has 0 bridgehead atoms. The zero-order chi connectivity index (χ0) is 11.4. The van der Waals surface area contributed by atoms with Gasteiger partial charge in [-0.15, -0.1) is 0 Å². The predicted octanol–water partition coefficient (Wildman–Crippen LogP) is 1.67. The van der Waals surface area contributed by atoms with Gasteiger partial charge in [0.1, 0.15) is 6.04 Å². The van der Waals surface area contributed by atoms with Crippen molar-refractivity contribution in [2.75, 3.05) is 0 Å². The summed E-state index contributed by atoms with van der Waals surface area (Å²) in [6.45, 7) is 0. The molecule has 0 aromatic carbocycles. The van der Waals surface area contributed by atoms with Crippen LogP contribution in [-0.4, -0.2) is 9.97 Å². The Morgan fingerprint density at radius 2 is 2.00 bits per heavy atom. The molecule has 0 radical (unpaired) electrons. The fraction of sp³-hybridized carbons (Fsp3) is 0.0833. The number of hydrogen-bond acceptors (Lipinski definition) is 4. The molecule has 0 amide bonds. The smallest absolute Gasteiger partial charge is 0.120 e. The van der Waals surface area contributed by atoms with E-state index in [9.17, 15) is 0 Å². The van der Waals surface area contributed by atoms with Crippen LogP contribution in [0, 0.1) is 11.3 Å². The predicted molar refractivity (Wildman–Crippen MR) is 60.0 cm³/mol. The van der Waals surface area contributed by atoms with E-state index in [0.717, 1.165) is 16.7 Å². The average Bonchev–Trinajstić information content (AvgIpc) is 2.39. The first-order valence-electron chi connectivity index (χ1n) is 4.82. The molecule has 0 fully saturated rings. The average molecular weight is 210 g/mol. The molecule has 16 heavy (non-hydrogen) atoms. The largest absolute Gasteiger partial charge is 0.312 e. The van der Waals surface area contributed by atoms with Gasteiger partial charge in [0.05, 0.1) is 6.07 Å². The number of pyridine rings is 2. The first-order valence-corrected chi connectivity index (χ1v) is 4.82. The summed E-state index contributed by atoms with van der Waals surface area (Å²) in [7, 11) is 0. The number of nitriles is 1. The van der Waals surface area contributed by atoms with Crippen LogP contribution in [0.2, 0.25) is 0 Å². The van der Waals surface area contributed by atoms with Crippen LogP contribution in [0.1, 0.15) is 11.6 Å². The zero-order valence-electron chi connectivity index (χ0n) is 8.54. The first-order chi connectivity index (χ1) is 7.83. The molecule has 4 heteroatoms. The Labute approximate surface area is 93.4 Å². The van der Waals surface area contributed by atoms with Crippen LogP contribution in [0.5, 0.6) is 0 Å². The number of rotatable bonds is 2. The molecule has 1 atom stereocenters. The molecular formula is C12H10N4. The van der Waals surface area contributed by atoms with Crippen molar-refractivity contribution in [3.63, 3.8) is 0 Å². The molecule has 0 spiro atoms. The lowest BCUT2D eigenvalue weighted by Crippen LogP contribution is -2.09. The third kappa shape index (κ3) is 1.90. The van der Waals surface area contributed by atoms with Crippen LogP contribution >= 0.6 is 0 Å². The molecule has 2 rings (SSSR count). The maximum atomic E-state index is 8.84. The molecule has 0 aliphatic carbocycles. The van der Waals surface area contributed by atoms with E-state index < -0.39 is 6.04 Å². The van der Waals surface area contributed by atoms with Gasteiger partial charge in [-0.25, -0.2) is 0 Å². The molecule has 0 aliphatic heterocycles. The van der Waals surface area contributed by atoms with Crippen LogP contribution in [0.25, 0.3) is 11.1 Å². The Morgan fingerprint density at radius 3 is 2.69 bits per heavy atom. The highest BCUT2D eigenvalue weighted by Gasteiger charge is 2.11. The number of aromatic nitrogens is 2. The van der Waals surface area contributed by atoms with Crippen molar-refractivity contribution in [3.8, 4) is 17.2 Å². The molecule has 78 valence electrons. The Bertz CT molecular complexity index is 516. The lowest BCUT2D eigenvalue weighted by molar-refractivity contribution is 0.917. The van der Waals surface area contributed by atoms with Crippen LogP contribution in [0.3, 0.4) is 0 Å². The van der Waals surface area contributed by atoms with Gasteiger partial charge in [-0.3, -0.25) is 9.97 Å². The number of hydrogen-bond donors (Lipinski definition) is 1. The normalized spacial score (nSPS) is 11.8. The molecule has 1 unspecified atom stereocenters. The SMILES string of the molecule is N#CC(N)c1cnccc1-c1cccnc1. The number of nitrogens with zero attached hydrogens (tertiary/aromatic N) is 3. The Kier molecular flexibility index (Phi) is 2.90. The van der Waals surface area contributed by atoms with Gasteiger partial charge in [0.2, 0.25) is 0 Å². The molecule has 4 nitrogen and oxygen atoms in total. The summed E-state index contributed by atoms with van der Waals surface area (Å²) in [6.07, 6.45) is 6.74. The minimum absolute atomic E-state index is 0.663. The molecular weight excluding hydrogens is 200 g/mol. The van der Waals surface area contributed by atoms with E-state index in [2.05, 4.69) is 9.97 Å². The highest BCUT2D eigenvalue weighted by molar-refractivity contribution is 5.66.